The molecule has 0 radical (unpaired) electrons. The van der Waals surface area contributed by atoms with Crippen LogP contribution >= 0.6 is 0 Å². The van der Waals surface area contributed by atoms with Gasteiger partial charge in [0.15, 0.2) is 0 Å². The van der Waals surface area contributed by atoms with E-state index in [9.17, 15) is 4.79 Å². The number of hydrogen-bond donors (Lipinski definition) is 2. The smallest absolute Gasteiger partial charge is 0.253 e. The van der Waals surface area contributed by atoms with Crippen molar-refractivity contribution in [1.29, 1.82) is 0 Å². The van der Waals surface area contributed by atoms with E-state index in [0.717, 1.165) is 29.9 Å². The van der Waals surface area contributed by atoms with Crippen LogP contribution in [0.3, 0.4) is 0 Å². The fourth-order valence-electron chi connectivity index (χ4n) is 2.81. The molecule has 0 bridgehead atoms. The summed E-state index contributed by atoms with van der Waals surface area (Å²) >= 11 is 0. The van der Waals surface area contributed by atoms with E-state index in [2.05, 4.69) is 15.3 Å². The van der Waals surface area contributed by atoms with Crippen LogP contribution in [0.25, 0.3) is 0 Å². The highest BCUT2D eigenvalue weighted by Gasteiger charge is 2.28. The summed E-state index contributed by atoms with van der Waals surface area (Å²) < 4.78 is 0. The zero-order chi connectivity index (χ0) is 17.1. The largest absolute Gasteiger partial charge is 0.366 e. The molecule has 0 spiro atoms. The molecule has 126 valence electrons. The lowest BCUT2D eigenvalue weighted by Gasteiger charge is -2.31. The topological polar surface area (TPSA) is 84.1 Å². The molecule has 1 saturated carbocycles. The van der Waals surface area contributed by atoms with E-state index >= 15 is 0 Å². The van der Waals surface area contributed by atoms with Gasteiger partial charge in [-0.05, 0) is 30.5 Å². The van der Waals surface area contributed by atoms with E-state index in [-0.39, 0.29) is 5.91 Å². The third-order valence-electron chi connectivity index (χ3n) is 4.36. The molecule has 6 heteroatoms. The number of carbonyl (C=O) groups is 1. The number of rotatable bonds is 5. The minimum Gasteiger partial charge on any atom is -0.366 e. The first kappa shape index (κ1) is 16.4. The molecule has 0 aliphatic heterocycles. The fourth-order valence-corrected chi connectivity index (χ4v) is 2.81. The maximum atomic E-state index is 11.9. The summed E-state index contributed by atoms with van der Waals surface area (Å²) in [5.74, 6) is 1.28. The van der Waals surface area contributed by atoms with E-state index in [0.29, 0.717) is 24.1 Å². The number of carbonyl (C=O) groups excluding carboxylic acids is 1. The Kier molecular flexibility index (Phi) is 4.76. The molecule has 1 amide bonds. The van der Waals surface area contributed by atoms with Gasteiger partial charge in [0.2, 0.25) is 0 Å². The van der Waals surface area contributed by atoms with Crippen molar-refractivity contribution < 1.29 is 4.79 Å². The van der Waals surface area contributed by atoms with Gasteiger partial charge in [0.05, 0.1) is 0 Å². The number of benzene rings is 1. The van der Waals surface area contributed by atoms with Gasteiger partial charge in [-0.1, -0.05) is 12.1 Å². The molecule has 3 rings (SSSR count). The van der Waals surface area contributed by atoms with Crippen molar-refractivity contribution in [3.05, 3.63) is 53.5 Å². The Balaban J connectivity index is 1.59. The quantitative estimate of drug-likeness (QED) is 0.878. The number of nitrogens with one attached hydrogen (secondary N) is 1. The molecule has 6 nitrogen and oxygen atoms in total. The molecule has 1 aromatic heterocycles. The van der Waals surface area contributed by atoms with Crippen LogP contribution in [0.5, 0.6) is 0 Å². The van der Waals surface area contributed by atoms with Crippen molar-refractivity contribution in [1.82, 2.24) is 14.9 Å². The van der Waals surface area contributed by atoms with E-state index in [1.165, 1.54) is 0 Å². The van der Waals surface area contributed by atoms with Crippen LogP contribution in [-0.4, -0.2) is 40.9 Å². The Bertz CT molecular complexity index is 708. The third kappa shape index (κ3) is 3.71. The minimum absolute atomic E-state index is 0.00802. The summed E-state index contributed by atoms with van der Waals surface area (Å²) in [4.78, 5) is 22.1. The molecule has 24 heavy (non-hydrogen) atoms. The standard InChI is InChI=1S/C18H23N5O/c1-23(2)18(24)13-5-3-12(4-6-13)10-20-17-9-16(21-11-22-17)14-7-15(19)8-14/h3-6,9,11,14-15H,7-8,10,19H2,1-2H3,(H,20,21,22). The molecule has 2 aromatic rings. The van der Waals surface area contributed by atoms with Gasteiger partial charge in [-0.3, -0.25) is 4.79 Å². The highest BCUT2D eigenvalue weighted by atomic mass is 16.2. The van der Waals surface area contributed by atoms with Gasteiger partial charge < -0.3 is 16.0 Å². The summed E-state index contributed by atoms with van der Waals surface area (Å²) in [6.07, 6.45) is 3.59. The first-order chi connectivity index (χ1) is 11.5. The number of hydrogen-bond acceptors (Lipinski definition) is 5. The Hall–Kier alpha value is -2.47. The third-order valence-corrected chi connectivity index (χ3v) is 4.36. The van der Waals surface area contributed by atoms with Crippen LogP contribution in [0.15, 0.2) is 36.7 Å². The highest BCUT2D eigenvalue weighted by molar-refractivity contribution is 5.93. The molecular formula is C18H23N5O. The normalized spacial score (nSPS) is 19.5. The maximum Gasteiger partial charge on any atom is 0.253 e. The van der Waals surface area contributed by atoms with Gasteiger partial charge in [-0.25, -0.2) is 9.97 Å². The van der Waals surface area contributed by atoms with Crippen molar-refractivity contribution in [3.8, 4) is 0 Å². The van der Waals surface area contributed by atoms with E-state index in [4.69, 9.17) is 5.73 Å². The molecule has 1 aliphatic carbocycles. The molecule has 1 aromatic carbocycles. The van der Waals surface area contributed by atoms with E-state index in [1.807, 2.05) is 30.3 Å². The maximum absolute atomic E-state index is 11.9. The monoisotopic (exact) mass is 325 g/mol. The lowest BCUT2D eigenvalue weighted by molar-refractivity contribution is 0.0827. The molecule has 0 unspecified atom stereocenters. The predicted octanol–water partition coefficient (Wildman–Crippen LogP) is 2.00. The first-order valence-corrected chi connectivity index (χ1v) is 8.15. The van der Waals surface area contributed by atoms with Crippen LogP contribution in [0.1, 0.15) is 40.4 Å². The van der Waals surface area contributed by atoms with Gasteiger partial charge in [0.1, 0.15) is 12.1 Å². The zero-order valence-electron chi connectivity index (χ0n) is 14.1. The average molecular weight is 325 g/mol. The van der Waals surface area contributed by atoms with Gasteiger partial charge in [-0.15, -0.1) is 0 Å². The second-order valence-corrected chi connectivity index (χ2v) is 6.51. The minimum atomic E-state index is 0.00802. The van der Waals surface area contributed by atoms with Gasteiger partial charge >= 0.3 is 0 Å². The van der Waals surface area contributed by atoms with Gasteiger partial charge in [0.25, 0.3) is 5.91 Å². The van der Waals surface area contributed by atoms with Crippen LogP contribution in [0.2, 0.25) is 0 Å². The molecule has 0 atom stereocenters. The SMILES string of the molecule is CN(C)C(=O)c1ccc(CNc2cc(C3CC(N)C3)ncn2)cc1. The summed E-state index contributed by atoms with van der Waals surface area (Å²) in [5, 5.41) is 3.31. The number of aromatic nitrogens is 2. The number of amides is 1. The van der Waals surface area contributed by atoms with Crippen LogP contribution in [0.4, 0.5) is 5.82 Å². The molecule has 1 fully saturated rings. The average Bonchev–Trinajstić information content (AvgIpc) is 2.57. The van der Waals surface area contributed by atoms with Crippen LogP contribution < -0.4 is 11.1 Å². The number of nitrogens with two attached hydrogens (primary N) is 1. The predicted molar refractivity (Wildman–Crippen MR) is 93.8 cm³/mol. The zero-order valence-corrected chi connectivity index (χ0v) is 14.1. The van der Waals surface area contributed by atoms with E-state index in [1.54, 1.807) is 25.3 Å². The van der Waals surface area contributed by atoms with Crippen molar-refractivity contribution in [2.75, 3.05) is 19.4 Å². The van der Waals surface area contributed by atoms with Gasteiger partial charge in [-0.2, -0.15) is 0 Å². The number of nitrogens with zero attached hydrogens (tertiary/aromatic N) is 3. The van der Waals surface area contributed by atoms with Crippen molar-refractivity contribution in [2.24, 2.45) is 5.73 Å². The number of anilines is 1. The molecule has 1 heterocycles. The van der Waals surface area contributed by atoms with Crippen molar-refractivity contribution >= 4 is 11.7 Å². The molecule has 3 N–H and O–H groups in total. The fraction of sp³-hybridized carbons (Fsp3) is 0.389. The molecule has 0 saturated heterocycles. The van der Waals surface area contributed by atoms with Crippen LogP contribution in [-0.2, 0) is 6.54 Å². The summed E-state index contributed by atoms with van der Waals surface area (Å²) in [6, 6.07) is 9.92. The second kappa shape index (κ2) is 6.97. The Labute approximate surface area is 142 Å². The first-order valence-electron chi connectivity index (χ1n) is 8.15. The van der Waals surface area contributed by atoms with Crippen LogP contribution in [0, 0.1) is 0 Å². The molecule has 1 aliphatic rings. The van der Waals surface area contributed by atoms with Crippen molar-refractivity contribution in [3.63, 3.8) is 0 Å². The lowest BCUT2D eigenvalue weighted by atomic mass is 9.79. The summed E-state index contributed by atoms with van der Waals surface area (Å²) in [7, 11) is 3.50. The highest BCUT2D eigenvalue weighted by Crippen LogP contribution is 2.34. The van der Waals surface area contributed by atoms with Gasteiger partial charge in [0, 0.05) is 49.9 Å². The Morgan fingerprint density at radius 2 is 1.96 bits per heavy atom. The van der Waals surface area contributed by atoms with Crippen molar-refractivity contribution in [2.45, 2.75) is 31.3 Å². The lowest BCUT2D eigenvalue weighted by Crippen LogP contribution is -2.35. The summed E-state index contributed by atoms with van der Waals surface area (Å²) in [6.45, 7) is 0.650. The second-order valence-electron chi connectivity index (χ2n) is 6.51. The van der Waals surface area contributed by atoms with E-state index < -0.39 is 0 Å². The molecular weight excluding hydrogens is 302 g/mol. The summed E-state index contributed by atoms with van der Waals surface area (Å²) in [5.41, 5.74) is 8.68. The Morgan fingerprint density at radius 1 is 1.25 bits per heavy atom. The Morgan fingerprint density at radius 3 is 2.58 bits per heavy atom.